The lowest BCUT2D eigenvalue weighted by Crippen LogP contribution is -2.43. The van der Waals surface area contributed by atoms with Gasteiger partial charge in [0, 0.05) is 23.4 Å². The van der Waals surface area contributed by atoms with E-state index in [1.54, 1.807) is 11.3 Å². The Morgan fingerprint density at radius 2 is 2.19 bits per heavy atom. The summed E-state index contributed by atoms with van der Waals surface area (Å²) in [6, 6.07) is 0.483. The van der Waals surface area contributed by atoms with Gasteiger partial charge in [0.05, 0.1) is 11.8 Å². The lowest BCUT2D eigenvalue weighted by atomic mass is 9.90. The fraction of sp³-hybridized carbons (Fsp3) is 0.750. The van der Waals surface area contributed by atoms with Crippen molar-refractivity contribution >= 4 is 11.3 Å². The van der Waals surface area contributed by atoms with Crippen LogP contribution in [0.2, 0.25) is 0 Å². The lowest BCUT2D eigenvalue weighted by molar-refractivity contribution is 0.0619. The number of aliphatic hydroxyl groups is 1. The zero-order valence-corrected chi connectivity index (χ0v) is 11.0. The number of nitrogens with zero attached hydrogens (tertiary/aromatic N) is 1. The second-order valence-corrected chi connectivity index (χ2v) is 6.52. The third-order valence-corrected chi connectivity index (χ3v) is 3.82. The molecule has 1 aromatic heterocycles. The Hall–Kier alpha value is -0.450. The van der Waals surface area contributed by atoms with Gasteiger partial charge in [0.25, 0.3) is 0 Å². The van der Waals surface area contributed by atoms with Crippen molar-refractivity contribution in [2.24, 2.45) is 0 Å². The number of nitrogens with one attached hydrogen (secondary N) is 1. The van der Waals surface area contributed by atoms with Crippen molar-refractivity contribution in [3.63, 3.8) is 0 Å². The van der Waals surface area contributed by atoms with Crippen LogP contribution >= 0.6 is 11.3 Å². The average Bonchev–Trinajstić information content (AvgIpc) is 2.58. The van der Waals surface area contributed by atoms with E-state index in [-0.39, 0.29) is 11.5 Å². The predicted molar refractivity (Wildman–Crippen MR) is 66.7 cm³/mol. The van der Waals surface area contributed by atoms with Crippen molar-refractivity contribution in [3.8, 4) is 0 Å². The number of hydrogen-bond acceptors (Lipinski definition) is 4. The fourth-order valence-electron chi connectivity index (χ4n) is 1.72. The molecule has 0 radical (unpaired) electrons. The second-order valence-electron chi connectivity index (χ2n) is 5.58. The Morgan fingerprint density at radius 1 is 1.50 bits per heavy atom. The molecule has 0 aromatic carbocycles. The van der Waals surface area contributed by atoms with Gasteiger partial charge in [-0.25, -0.2) is 4.98 Å². The van der Waals surface area contributed by atoms with Crippen molar-refractivity contribution < 1.29 is 5.11 Å². The molecule has 0 unspecified atom stereocenters. The summed E-state index contributed by atoms with van der Waals surface area (Å²) in [6.45, 7) is 7.38. The average molecular weight is 240 g/mol. The van der Waals surface area contributed by atoms with E-state index in [9.17, 15) is 5.11 Å². The summed E-state index contributed by atoms with van der Waals surface area (Å²) in [7, 11) is 0. The van der Waals surface area contributed by atoms with Crippen molar-refractivity contribution in [2.75, 3.05) is 0 Å². The molecule has 2 N–H and O–H groups in total. The molecule has 3 nitrogen and oxygen atoms in total. The Morgan fingerprint density at radius 3 is 2.69 bits per heavy atom. The number of aliphatic hydroxyl groups excluding tert-OH is 1. The van der Waals surface area contributed by atoms with Crippen LogP contribution in [0.5, 0.6) is 0 Å². The molecule has 1 fully saturated rings. The summed E-state index contributed by atoms with van der Waals surface area (Å²) in [5.41, 5.74) is 1.31. The third-order valence-electron chi connectivity index (χ3n) is 2.98. The molecule has 0 saturated heterocycles. The Bertz CT molecular complexity index is 350. The summed E-state index contributed by atoms with van der Waals surface area (Å²) >= 11 is 1.72. The van der Waals surface area contributed by atoms with Gasteiger partial charge in [-0.05, 0) is 12.8 Å². The highest BCUT2D eigenvalue weighted by Crippen LogP contribution is 2.24. The maximum Gasteiger partial charge on any atom is 0.107 e. The van der Waals surface area contributed by atoms with E-state index in [0.717, 1.165) is 24.4 Å². The number of aromatic nitrogens is 1. The molecule has 0 amide bonds. The fourth-order valence-corrected chi connectivity index (χ4v) is 2.69. The summed E-state index contributed by atoms with van der Waals surface area (Å²) in [4.78, 5) is 4.62. The molecule has 0 aliphatic heterocycles. The van der Waals surface area contributed by atoms with E-state index in [1.807, 2.05) is 0 Å². The molecule has 1 aliphatic carbocycles. The van der Waals surface area contributed by atoms with Crippen LogP contribution in [-0.2, 0) is 12.0 Å². The Kier molecular flexibility index (Phi) is 3.33. The predicted octanol–water partition coefficient (Wildman–Crippen LogP) is 2.05. The van der Waals surface area contributed by atoms with Crippen LogP contribution in [0.25, 0.3) is 0 Å². The van der Waals surface area contributed by atoms with Crippen LogP contribution in [-0.4, -0.2) is 22.2 Å². The molecule has 2 rings (SSSR count). The molecule has 4 heteroatoms. The number of thiazole rings is 1. The molecule has 1 aromatic rings. The van der Waals surface area contributed by atoms with Crippen molar-refractivity contribution in [3.05, 3.63) is 16.1 Å². The lowest BCUT2D eigenvalue weighted by Gasteiger charge is -2.31. The van der Waals surface area contributed by atoms with Crippen LogP contribution in [0.1, 0.15) is 44.3 Å². The number of hydrogen-bond donors (Lipinski definition) is 2. The molecule has 0 spiro atoms. The first-order valence-corrected chi connectivity index (χ1v) is 6.69. The van der Waals surface area contributed by atoms with E-state index in [1.165, 1.54) is 5.69 Å². The number of rotatable bonds is 3. The Labute approximate surface area is 101 Å². The first-order valence-electron chi connectivity index (χ1n) is 5.81. The quantitative estimate of drug-likeness (QED) is 0.850. The highest BCUT2D eigenvalue weighted by Gasteiger charge is 2.26. The topological polar surface area (TPSA) is 45.1 Å². The third kappa shape index (κ3) is 2.81. The van der Waals surface area contributed by atoms with Crippen molar-refractivity contribution in [1.82, 2.24) is 10.3 Å². The zero-order chi connectivity index (χ0) is 11.8. The minimum atomic E-state index is -0.0843. The first-order chi connectivity index (χ1) is 7.45. The van der Waals surface area contributed by atoms with Crippen LogP contribution < -0.4 is 5.32 Å². The maximum absolute atomic E-state index is 9.17. The van der Waals surface area contributed by atoms with Gasteiger partial charge < -0.3 is 10.4 Å². The van der Waals surface area contributed by atoms with E-state index < -0.39 is 0 Å². The van der Waals surface area contributed by atoms with E-state index in [2.05, 4.69) is 36.5 Å². The highest BCUT2D eigenvalue weighted by atomic mass is 32.1. The molecule has 0 bridgehead atoms. The molecule has 16 heavy (non-hydrogen) atoms. The minimum absolute atomic E-state index is 0.0843. The summed E-state index contributed by atoms with van der Waals surface area (Å²) in [6.07, 6.45) is 1.69. The highest BCUT2D eigenvalue weighted by molar-refractivity contribution is 7.09. The Balaban J connectivity index is 1.84. The van der Waals surface area contributed by atoms with Crippen molar-refractivity contribution in [2.45, 2.75) is 57.7 Å². The van der Waals surface area contributed by atoms with Gasteiger partial charge in [-0.15, -0.1) is 11.3 Å². The van der Waals surface area contributed by atoms with E-state index in [4.69, 9.17) is 0 Å². The zero-order valence-electron chi connectivity index (χ0n) is 10.2. The van der Waals surface area contributed by atoms with Gasteiger partial charge in [-0.3, -0.25) is 0 Å². The van der Waals surface area contributed by atoms with E-state index in [0.29, 0.717) is 6.04 Å². The standard InChI is InChI=1S/C12H20N2OS/c1-12(2,3)10-7-16-11(14-10)6-13-8-4-9(15)5-8/h7-9,13,15H,4-6H2,1-3H3. The monoisotopic (exact) mass is 240 g/mol. The van der Waals surface area contributed by atoms with Crippen molar-refractivity contribution in [1.29, 1.82) is 0 Å². The van der Waals surface area contributed by atoms with Gasteiger partial charge in [0.1, 0.15) is 5.01 Å². The molecule has 0 atom stereocenters. The molecule has 1 saturated carbocycles. The van der Waals surface area contributed by atoms with Crippen LogP contribution in [0.4, 0.5) is 0 Å². The molecular weight excluding hydrogens is 220 g/mol. The molecular formula is C12H20N2OS. The SMILES string of the molecule is CC(C)(C)c1csc(CNC2CC(O)C2)n1. The van der Waals surface area contributed by atoms with Crippen LogP contribution in [0.15, 0.2) is 5.38 Å². The van der Waals surface area contributed by atoms with Gasteiger partial charge >= 0.3 is 0 Å². The largest absolute Gasteiger partial charge is 0.393 e. The van der Waals surface area contributed by atoms with Gasteiger partial charge in [0.2, 0.25) is 0 Å². The van der Waals surface area contributed by atoms with Crippen LogP contribution in [0, 0.1) is 0 Å². The second kappa shape index (κ2) is 4.43. The van der Waals surface area contributed by atoms with Gasteiger partial charge in [-0.1, -0.05) is 20.8 Å². The molecule has 1 heterocycles. The first kappa shape index (κ1) is 12.0. The van der Waals surface area contributed by atoms with Gasteiger partial charge in [-0.2, -0.15) is 0 Å². The van der Waals surface area contributed by atoms with Crippen LogP contribution in [0.3, 0.4) is 0 Å². The summed E-state index contributed by atoms with van der Waals surface area (Å²) in [5.74, 6) is 0. The maximum atomic E-state index is 9.17. The summed E-state index contributed by atoms with van der Waals surface area (Å²) < 4.78 is 0. The molecule has 1 aliphatic rings. The molecule has 90 valence electrons. The normalized spacial score (nSPS) is 25.5. The summed E-state index contributed by atoms with van der Waals surface area (Å²) in [5, 5.41) is 15.9. The smallest absolute Gasteiger partial charge is 0.107 e. The minimum Gasteiger partial charge on any atom is -0.393 e. The van der Waals surface area contributed by atoms with E-state index >= 15 is 0 Å². The van der Waals surface area contributed by atoms with Gasteiger partial charge in [0.15, 0.2) is 0 Å².